The van der Waals surface area contributed by atoms with Crippen LogP contribution in [0.15, 0.2) is 24.3 Å². The first-order chi connectivity index (χ1) is 9.42. The molecule has 4 nitrogen and oxygen atoms in total. The molecule has 21 heavy (non-hydrogen) atoms. The maximum Gasteiger partial charge on any atom is 0.261 e. The van der Waals surface area contributed by atoms with Gasteiger partial charge in [-0.05, 0) is 31.4 Å². The molecule has 120 valence electrons. The Morgan fingerprint density at radius 2 is 2.05 bits per heavy atom. The van der Waals surface area contributed by atoms with Gasteiger partial charge in [0, 0.05) is 18.7 Å². The number of rotatable bonds is 7. The Morgan fingerprint density at radius 1 is 1.38 bits per heavy atom. The Kier molecular flexibility index (Phi) is 8.97. The molecule has 6 heteroatoms. The number of benzene rings is 1. The third-order valence-corrected chi connectivity index (χ3v) is 2.86. The van der Waals surface area contributed by atoms with Crippen molar-refractivity contribution in [3.63, 3.8) is 0 Å². The smallest absolute Gasteiger partial charge is 0.261 e. The molecule has 0 heterocycles. The van der Waals surface area contributed by atoms with Crippen LogP contribution < -0.4 is 15.8 Å². The van der Waals surface area contributed by atoms with Crippen molar-refractivity contribution in [2.45, 2.75) is 39.3 Å². The lowest BCUT2D eigenvalue weighted by Crippen LogP contribution is -2.46. The number of nitrogens with one attached hydrogen (secondary N) is 1. The topological polar surface area (TPSA) is 64.3 Å². The van der Waals surface area contributed by atoms with E-state index in [1.807, 2.05) is 0 Å². The average molecular weight is 319 g/mol. The third-order valence-electron chi connectivity index (χ3n) is 2.86. The van der Waals surface area contributed by atoms with E-state index in [4.69, 9.17) is 10.5 Å². The maximum absolute atomic E-state index is 13.0. The van der Waals surface area contributed by atoms with Crippen LogP contribution in [-0.2, 0) is 4.79 Å². The van der Waals surface area contributed by atoms with Crippen LogP contribution in [0.1, 0.15) is 27.2 Å². The van der Waals surface area contributed by atoms with Crippen molar-refractivity contribution in [2.75, 3.05) is 6.54 Å². The first-order valence-corrected chi connectivity index (χ1v) is 6.85. The average Bonchev–Trinajstić information content (AvgIpc) is 2.37. The van der Waals surface area contributed by atoms with E-state index in [-0.39, 0.29) is 24.4 Å². The SMILES string of the molecule is CC(C)CC(CN)NC(=O)C(C)Oc1cccc(F)c1.Cl. The number of hydrogen-bond acceptors (Lipinski definition) is 3. The molecule has 0 aliphatic heterocycles. The molecule has 0 saturated carbocycles. The molecule has 1 aromatic rings. The van der Waals surface area contributed by atoms with Crippen molar-refractivity contribution in [3.05, 3.63) is 30.1 Å². The summed E-state index contributed by atoms with van der Waals surface area (Å²) in [7, 11) is 0. The van der Waals surface area contributed by atoms with E-state index >= 15 is 0 Å². The van der Waals surface area contributed by atoms with Crippen LogP contribution in [0.25, 0.3) is 0 Å². The van der Waals surface area contributed by atoms with Gasteiger partial charge < -0.3 is 15.8 Å². The number of carbonyl (C=O) groups excluding carboxylic acids is 1. The summed E-state index contributed by atoms with van der Waals surface area (Å²) in [4.78, 5) is 12.0. The molecule has 1 aromatic carbocycles. The summed E-state index contributed by atoms with van der Waals surface area (Å²) in [6.45, 7) is 6.16. The molecule has 0 spiro atoms. The van der Waals surface area contributed by atoms with E-state index in [1.54, 1.807) is 13.0 Å². The minimum Gasteiger partial charge on any atom is -0.481 e. The van der Waals surface area contributed by atoms with E-state index in [1.165, 1.54) is 18.2 Å². The lowest BCUT2D eigenvalue weighted by atomic mass is 10.0. The molecule has 3 N–H and O–H groups in total. The summed E-state index contributed by atoms with van der Waals surface area (Å²) < 4.78 is 18.4. The summed E-state index contributed by atoms with van der Waals surface area (Å²) in [6.07, 6.45) is 0.118. The fraction of sp³-hybridized carbons (Fsp3) is 0.533. The first kappa shape index (κ1) is 19.7. The summed E-state index contributed by atoms with van der Waals surface area (Å²) in [6, 6.07) is 5.65. The molecule has 0 aliphatic rings. The molecule has 1 rings (SSSR count). The van der Waals surface area contributed by atoms with Gasteiger partial charge in [-0.3, -0.25) is 4.79 Å². The molecule has 1 amide bonds. The largest absolute Gasteiger partial charge is 0.481 e. The second-order valence-electron chi connectivity index (χ2n) is 5.29. The minimum absolute atomic E-state index is 0. The van der Waals surface area contributed by atoms with Crippen LogP contribution in [0.3, 0.4) is 0 Å². The molecule has 0 radical (unpaired) electrons. The lowest BCUT2D eigenvalue weighted by molar-refractivity contribution is -0.128. The van der Waals surface area contributed by atoms with Gasteiger partial charge in [0.2, 0.25) is 0 Å². The molecule has 2 atom stereocenters. The van der Waals surface area contributed by atoms with Crippen molar-refractivity contribution in [1.29, 1.82) is 0 Å². The molecular weight excluding hydrogens is 295 g/mol. The van der Waals surface area contributed by atoms with Gasteiger partial charge in [-0.1, -0.05) is 19.9 Å². The Balaban J connectivity index is 0.00000400. The normalized spacial score (nSPS) is 13.2. The molecule has 0 fully saturated rings. The summed E-state index contributed by atoms with van der Waals surface area (Å²) in [5.74, 6) is 0.143. The second kappa shape index (κ2) is 9.58. The number of hydrogen-bond donors (Lipinski definition) is 2. The zero-order chi connectivity index (χ0) is 15.1. The van der Waals surface area contributed by atoms with Crippen molar-refractivity contribution in [1.82, 2.24) is 5.32 Å². The number of nitrogens with two attached hydrogens (primary N) is 1. The van der Waals surface area contributed by atoms with Gasteiger partial charge in [0.05, 0.1) is 0 Å². The van der Waals surface area contributed by atoms with Crippen LogP contribution >= 0.6 is 12.4 Å². The highest BCUT2D eigenvalue weighted by atomic mass is 35.5. The molecule has 0 aliphatic carbocycles. The van der Waals surface area contributed by atoms with E-state index in [0.29, 0.717) is 18.2 Å². The zero-order valence-corrected chi connectivity index (χ0v) is 13.5. The highest BCUT2D eigenvalue weighted by molar-refractivity contribution is 5.85. The highest BCUT2D eigenvalue weighted by Crippen LogP contribution is 2.14. The molecular formula is C15H24ClFN2O2. The Hall–Kier alpha value is -1.33. The molecule has 0 aromatic heterocycles. The molecule has 0 saturated heterocycles. The second-order valence-corrected chi connectivity index (χ2v) is 5.29. The standard InChI is InChI=1S/C15H23FN2O2.ClH/c1-10(2)7-13(9-17)18-15(19)11(3)20-14-6-4-5-12(16)8-14;/h4-6,8,10-11,13H,7,9,17H2,1-3H3,(H,18,19);1H. The monoisotopic (exact) mass is 318 g/mol. The summed E-state index contributed by atoms with van der Waals surface area (Å²) >= 11 is 0. The highest BCUT2D eigenvalue weighted by Gasteiger charge is 2.19. The number of carbonyl (C=O) groups is 1. The van der Waals surface area contributed by atoms with Crippen LogP contribution in [0.2, 0.25) is 0 Å². The van der Waals surface area contributed by atoms with E-state index in [9.17, 15) is 9.18 Å². The predicted octanol–water partition coefficient (Wildman–Crippen LogP) is 2.50. The fourth-order valence-corrected chi connectivity index (χ4v) is 1.90. The van der Waals surface area contributed by atoms with Crippen molar-refractivity contribution in [3.8, 4) is 5.75 Å². The summed E-state index contributed by atoms with van der Waals surface area (Å²) in [5, 5.41) is 2.85. The van der Waals surface area contributed by atoms with E-state index in [2.05, 4.69) is 19.2 Å². The zero-order valence-electron chi connectivity index (χ0n) is 12.6. The number of halogens is 2. The number of ether oxygens (including phenoxy) is 1. The van der Waals surface area contributed by atoms with Crippen LogP contribution in [0.5, 0.6) is 5.75 Å². The van der Waals surface area contributed by atoms with Gasteiger partial charge in [-0.25, -0.2) is 4.39 Å². The van der Waals surface area contributed by atoms with Crippen LogP contribution in [-0.4, -0.2) is 24.6 Å². The van der Waals surface area contributed by atoms with Crippen LogP contribution in [0, 0.1) is 11.7 Å². The minimum atomic E-state index is -0.696. The fourth-order valence-electron chi connectivity index (χ4n) is 1.90. The number of amides is 1. The van der Waals surface area contributed by atoms with Gasteiger partial charge in [0.1, 0.15) is 11.6 Å². The first-order valence-electron chi connectivity index (χ1n) is 6.85. The van der Waals surface area contributed by atoms with E-state index in [0.717, 1.165) is 6.42 Å². The van der Waals surface area contributed by atoms with Gasteiger partial charge in [-0.15, -0.1) is 12.4 Å². The maximum atomic E-state index is 13.0. The van der Waals surface area contributed by atoms with Gasteiger partial charge in [0.15, 0.2) is 6.10 Å². The van der Waals surface area contributed by atoms with Gasteiger partial charge in [0.25, 0.3) is 5.91 Å². The molecule has 2 unspecified atom stereocenters. The lowest BCUT2D eigenvalue weighted by Gasteiger charge is -2.21. The Morgan fingerprint density at radius 3 is 2.57 bits per heavy atom. The predicted molar refractivity (Wildman–Crippen MR) is 84.2 cm³/mol. The van der Waals surface area contributed by atoms with Crippen LogP contribution in [0.4, 0.5) is 4.39 Å². The summed E-state index contributed by atoms with van der Waals surface area (Å²) in [5.41, 5.74) is 5.64. The van der Waals surface area contributed by atoms with Crippen molar-refractivity contribution >= 4 is 18.3 Å². The van der Waals surface area contributed by atoms with E-state index < -0.39 is 11.9 Å². The quantitative estimate of drug-likeness (QED) is 0.812. The Labute approximate surface area is 131 Å². The van der Waals surface area contributed by atoms with Crippen molar-refractivity contribution < 1.29 is 13.9 Å². The van der Waals surface area contributed by atoms with Crippen molar-refractivity contribution in [2.24, 2.45) is 11.7 Å². The Bertz CT molecular complexity index is 443. The third kappa shape index (κ3) is 7.29. The van der Waals surface area contributed by atoms with Gasteiger partial charge >= 0.3 is 0 Å². The van der Waals surface area contributed by atoms with Gasteiger partial charge in [-0.2, -0.15) is 0 Å². The molecule has 0 bridgehead atoms.